The van der Waals surface area contributed by atoms with Gasteiger partial charge in [0.1, 0.15) is 18.7 Å². The number of alkyl carbamates (subject to hydrolysis) is 1. The van der Waals surface area contributed by atoms with E-state index in [-0.39, 0.29) is 25.4 Å². The van der Waals surface area contributed by atoms with Gasteiger partial charge in [0.2, 0.25) is 5.91 Å². The Bertz CT molecular complexity index is 1440. The molecule has 4 aromatic rings. The van der Waals surface area contributed by atoms with Crippen molar-refractivity contribution in [2.24, 2.45) is 0 Å². The summed E-state index contributed by atoms with van der Waals surface area (Å²) in [5.41, 5.74) is 5.99. The molecule has 1 aliphatic carbocycles. The van der Waals surface area contributed by atoms with Gasteiger partial charge in [-0.05, 0) is 33.4 Å². The number of amides is 2. The third-order valence-corrected chi connectivity index (χ3v) is 7.13. The van der Waals surface area contributed by atoms with E-state index < -0.39 is 30.1 Å². The van der Waals surface area contributed by atoms with Crippen molar-refractivity contribution in [3.05, 3.63) is 131 Å². The highest BCUT2D eigenvalue weighted by molar-refractivity contribution is 5.89. The zero-order chi connectivity index (χ0) is 27.9. The highest BCUT2D eigenvalue weighted by Gasteiger charge is 2.31. The second-order valence-electron chi connectivity index (χ2n) is 9.80. The molecule has 1 aliphatic rings. The summed E-state index contributed by atoms with van der Waals surface area (Å²) >= 11 is 0. The molecular weight excluding hydrogens is 504 g/mol. The smallest absolute Gasteiger partial charge is 0.407 e. The first kappa shape index (κ1) is 26.7. The number of carboxylic acids is 1. The van der Waals surface area contributed by atoms with Gasteiger partial charge in [-0.3, -0.25) is 4.79 Å². The molecule has 7 nitrogen and oxygen atoms in total. The molecule has 0 saturated heterocycles. The maximum Gasteiger partial charge on any atom is 0.407 e. The second-order valence-corrected chi connectivity index (χ2v) is 9.80. The van der Waals surface area contributed by atoms with Gasteiger partial charge in [-0.25, -0.2) is 9.59 Å². The first-order chi connectivity index (χ1) is 19.5. The van der Waals surface area contributed by atoms with Crippen LogP contribution in [0.25, 0.3) is 11.1 Å². The number of benzene rings is 4. The van der Waals surface area contributed by atoms with E-state index in [1.54, 1.807) is 12.1 Å². The monoisotopic (exact) mass is 534 g/mol. The van der Waals surface area contributed by atoms with E-state index in [0.29, 0.717) is 0 Å². The SMILES string of the molecule is O=C(N[C@H](Cc1ccccc1)C(=O)N[C@@H](Cc1ccccc1)C(=O)O)OCC1c2ccccc2-c2ccccc21. The number of ether oxygens (including phenoxy) is 1. The molecule has 5 rings (SSSR count). The van der Waals surface area contributed by atoms with Crippen LogP contribution in [0.1, 0.15) is 28.2 Å². The van der Waals surface area contributed by atoms with Crippen molar-refractivity contribution in [2.45, 2.75) is 30.8 Å². The van der Waals surface area contributed by atoms with Gasteiger partial charge in [-0.15, -0.1) is 0 Å². The lowest BCUT2D eigenvalue weighted by molar-refractivity contribution is -0.142. The molecule has 202 valence electrons. The van der Waals surface area contributed by atoms with Crippen molar-refractivity contribution in [1.29, 1.82) is 0 Å². The molecule has 0 unspecified atom stereocenters. The van der Waals surface area contributed by atoms with Crippen LogP contribution in [0.5, 0.6) is 0 Å². The van der Waals surface area contributed by atoms with E-state index in [1.165, 1.54) is 0 Å². The summed E-state index contributed by atoms with van der Waals surface area (Å²) in [6.45, 7) is 0.102. The molecule has 40 heavy (non-hydrogen) atoms. The van der Waals surface area contributed by atoms with E-state index in [4.69, 9.17) is 4.74 Å². The zero-order valence-electron chi connectivity index (χ0n) is 21.8. The minimum atomic E-state index is -1.16. The standard InChI is InChI=1S/C33H30N2O5/c36-31(34-30(32(37)38)20-23-13-5-2-6-14-23)29(19-22-11-3-1-4-12-22)35-33(39)40-21-28-26-17-9-7-15-24(26)25-16-8-10-18-27(25)28/h1-18,28-30H,19-21H2,(H,34,36)(H,35,39)(H,37,38)/t29-,30+/m1/s1. The van der Waals surface area contributed by atoms with Crippen LogP contribution in [0.2, 0.25) is 0 Å². The minimum absolute atomic E-state index is 0.102. The predicted octanol–water partition coefficient (Wildman–Crippen LogP) is 4.95. The third kappa shape index (κ3) is 6.21. The largest absolute Gasteiger partial charge is 0.480 e. The number of hydrogen-bond donors (Lipinski definition) is 3. The average molecular weight is 535 g/mol. The van der Waals surface area contributed by atoms with Gasteiger partial charge < -0.3 is 20.5 Å². The number of carboxylic acid groups (broad SMARTS) is 1. The summed E-state index contributed by atoms with van der Waals surface area (Å²) in [5, 5.41) is 15.1. The molecule has 0 saturated carbocycles. The lowest BCUT2D eigenvalue weighted by atomic mass is 9.98. The van der Waals surface area contributed by atoms with Crippen LogP contribution in [0.15, 0.2) is 109 Å². The van der Waals surface area contributed by atoms with E-state index in [9.17, 15) is 19.5 Å². The Morgan fingerprint density at radius 3 is 1.65 bits per heavy atom. The fourth-order valence-corrected chi connectivity index (χ4v) is 5.16. The van der Waals surface area contributed by atoms with Gasteiger partial charge in [0.25, 0.3) is 0 Å². The Hall–Kier alpha value is -4.91. The Morgan fingerprint density at radius 2 is 1.12 bits per heavy atom. The van der Waals surface area contributed by atoms with Crippen LogP contribution in [0.3, 0.4) is 0 Å². The molecule has 0 aromatic heterocycles. The quantitative estimate of drug-likeness (QED) is 0.267. The van der Waals surface area contributed by atoms with Gasteiger partial charge in [-0.1, -0.05) is 109 Å². The fraction of sp³-hybridized carbons (Fsp3) is 0.182. The van der Waals surface area contributed by atoms with Crippen molar-refractivity contribution in [3.8, 4) is 11.1 Å². The summed E-state index contributed by atoms with van der Waals surface area (Å²) < 4.78 is 5.66. The van der Waals surface area contributed by atoms with Crippen molar-refractivity contribution in [2.75, 3.05) is 6.61 Å². The number of fused-ring (bicyclic) bond motifs is 3. The Kier molecular flexibility index (Phi) is 8.21. The molecule has 0 radical (unpaired) electrons. The fourth-order valence-electron chi connectivity index (χ4n) is 5.16. The lowest BCUT2D eigenvalue weighted by Gasteiger charge is -2.22. The van der Waals surface area contributed by atoms with Gasteiger partial charge >= 0.3 is 12.1 Å². The lowest BCUT2D eigenvalue weighted by Crippen LogP contribution is -2.53. The normalized spacial score (nSPS) is 13.4. The van der Waals surface area contributed by atoms with Gasteiger partial charge in [0.15, 0.2) is 0 Å². The highest BCUT2D eigenvalue weighted by Crippen LogP contribution is 2.44. The molecule has 0 spiro atoms. The van der Waals surface area contributed by atoms with Crippen molar-refractivity contribution >= 4 is 18.0 Å². The van der Waals surface area contributed by atoms with E-state index >= 15 is 0 Å². The van der Waals surface area contributed by atoms with Crippen LogP contribution >= 0.6 is 0 Å². The first-order valence-electron chi connectivity index (χ1n) is 13.2. The molecule has 0 heterocycles. The zero-order valence-corrected chi connectivity index (χ0v) is 21.8. The van der Waals surface area contributed by atoms with Crippen LogP contribution in [-0.4, -0.2) is 41.8 Å². The van der Waals surface area contributed by atoms with Crippen LogP contribution in [-0.2, 0) is 27.2 Å². The van der Waals surface area contributed by atoms with E-state index in [2.05, 4.69) is 22.8 Å². The number of hydrogen-bond acceptors (Lipinski definition) is 4. The molecule has 2 atom stereocenters. The van der Waals surface area contributed by atoms with Crippen LogP contribution in [0.4, 0.5) is 4.79 Å². The maximum absolute atomic E-state index is 13.3. The van der Waals surface area contributed by atoms with Crippen molar-refractivity contribution in [1.82, 2.24) is 10.6 Å². The molecule has 0 bridgehead atoms. The third-order valence-electron chi connectivity index (χ3n) is 7.13. The summed E-state index contributed by atoms with van der Waals surface area (Å²) in [6.07, 6.45) is -0.452. The average Bonchev–Trinajstić information content (AvgIpc) is 3.30. The topological polar surface area (TPSA) is 105 Å². The first-order valence-corrected chi connectivity index (χ1v) is 13.2. The van der Waals surface area contributed by atoms with Gasteiger partial charge in [-0.2, -0.15) is 0 Å². The number of rotatable bonds is 10. The van der Waals surface area contributed by atoms with Gasteiger partial charge in [0.05, 0.1) is 0 Å². The Morgan fingerprint density at radius 1 is 0.650 bits per heavy atom. The predicted molar refractivity (Wildman–Crippen MR) is 152 cm³/mol. The molecular formula is C33H30N2O5. The minimum Gasteiger partial charge on any atom is -0.480 e. The van der Waals surface area contributed by atoms with Crippen molar-refractivity contribution < 1.29 is 24.2 Å². The Labute approximate surface area is 232 Å². The van der Waals surface area contributed by atoms with E-state index in [0.717, 1.165) is 33.4 Å². The van der Waals surface area contributed by atoms with Crippen LogP contribution in [0, 0.1) is 0 Å². The molecule has 7 heteroatoms. The molecule has 3 N–H and O–H groups in total. The summed E-state index contributed by atoms with van der Waals surface area (Å²) in [7, 11) is 0. The number of aliphatic carboxylic acids is 1. The summed E-state index contributed by atoms with van der Waals surface area (Å²) in [5.74, 6) is -1.88. The summed E-state index contributed by atoms with van der Waals surface area (Å²) in [6, 6.07) is 32.2. The Balaban J connectivity index is 1.28. The van der Waals surface area contributed by atoms with E-state index in [1.807, 2.05) is 84.9 Å². The number of nitrogens with one attached hydrogen (secondary N) is 2. The molecule has 0 fully saturated rings. The maximum atomic E-state index is 13.3. The molecule has 4 aromatic carbocycles. The number of carbonyl (C=O) groups excluding carboxylic acids is 2. The van der Waals surface area contributed by atoms with Gasteiger partial charge in [0, 0.05) is 18.8 Å². The number of carbonyl (C=O) groups is 3. The second kappa shape index (κ2) is 12.3. The highest BCUT2D eigenvalue weighted by atomic mass is 16.5. The van der Waals surface area contributed by atoms with Crippen LogP contribution < -0.4 is 10.6 Å². The summed E-state index contributed by atoms with van der Waals surface area (Å²) in [4.78, 5) is 38.3. The molecule has 0 aliphatic heterocycles. The van der Waals surface area contributed by atoms with Crippen molar-refractivity contribution in [3.63, 3.8) is 0 Å². The molecule has 2 amide bonds.